The van der Waals surface area contributed by atoms with Crippen LogP contribution >= 0.6 is 11.9 Å². The highest BCUT2D eigenvalue weighted by Gasteiger charge is 2.28. The molecule has 0 aliphatic heterocycles. The Morgan fingerprint density at radius 1 is 1.53 bits per heavy atom. The number of nitroso groups, excluding NO2 is 1. The molecule has 0 spiro atoms. The Bertz CT molecular complexity index is 259. The van der Waals surface area contributed by atoms with Crippen LogP contribution in [0.3, 0.4) is 0 Å². The quantitative estimate of drug-likeness (QED) is 0.549. The maximum atomic E-state index is 11.6. The Labute approximate surface area is 92.1 Å². The van der Waals surface area contributed by atoms with Gasteiger partial charge < -0.3 is 10.0 Å². The van der Waals surface area contributed by atoms with Gasteiger partial charge in [0, 0.05) is 23.6 Å². The molecule has 0 rings (SSSR count). The maximum absolute atomic E-state index is 11.6. The van der Waals surface area contributed by atoms with Crippen molar-refractivity contribution < 1.29 is 14.7 Å². The number of nitrogens with zero attached hydrogens (tertiary/aromatic N) is 2. The van der Waals surface area contributed by atoms with Gasteiger partial charge in [0.2, 0.25) is 5.91 Å². The highest BCUT2D eigenvalue weighted by atomic mass is 32.2. The van der Waals surface area contributed by atoms with Crippen molar-refractivity contribution in [3.8, 4) is 0 Å². The van der Waals surface area contributed by atoms with Gasteiger partial charge in [0.05, 0.1) is 0 Å². The summed E-state index contributed by atoms with van der Waals surface area (Å²) in [6.07, 6.45) is 0.323. The summed E-state index contributed by atoms with van der Waals surface area (Å²) in [5.41, 5.74) is 0. The predicted molar refractivity (Wildman–Crippen MR) is 57.3 cm³/mol. The Morgan fingerprint density at radius 3 is 2.40 bits per heavy atom. The summed E-state index contributed by atoms with van der Waals surface area (Å²) in [7, 11) is 1.41. The van der Waals surface area contributed by atoms with Crippen molar-refractivity contribution in [2.75, 3.05) is 7.05 Å². The summed E-state index contributed by atoms with van der Waals surface area (Å²) in [5, 5.41) is 8.17. The molecule has 2 unspecified atom stereocenters. The summed E-state index contributed by atoms with van der Waals surface area (Å²) in [5.74, 6) is -1.46. The molecule has 86 valence electrons. The molecular weight excluding hydrogens is 220 g/mol. The van der Waals surface area contributed by atoms with Crippen LogP contribution in [-0.2, 0) is 9.59 Å². The Hall–Kier alpha value is -1.11. The lowest BCUT2D eigenvalue weighted by molar-refractivity contribution is -0.148. The van der Waals surface area contributed by atoms with Crippen molar-refractivity contribution in [2.24, 2.45) is 4.58 Å². The Balaban J connectivity index is 4.53. The van der Waals surface area contributed by atoms with E-state index in [2.05, 4.69) is 4.58 Å². The van der Waals surface area contributed by atoms with Gasteiger partial charge in [-0.1, -0.05) is 6.92 Å². The maximum Gasteiger partial charge on any atom is 0.326 e. The molecule has 1 amide bonds. The van der Waals surface area contributed by atoms with E-state index in [4.69, 9.17) is 5.11 Å². The molecule has 0 aromatic carbocycles. The third-order valence-corrected chi connectivity index (χ3v) is 2.64. The first-order chi connectivity index (χ1) is 6.95. The topological polar surface area (TPSA) is 87.0 Å². The lowest BCUT2D eigenvalue weighted by Crippen LogP contribution is -2.44. The van der Waals surface area contributed by atoms with Crippen LogP contribution < -0.4 is 0 Å². The van der Waals surface area contributed by atoms with Crippen LogP contribution in [-0.4, -0.2) is 40.2 Å². The average Bonchev–Trinajstić information content (AvgIpc) is 2.17. The highest BCUT2D eigenvalue weighted by Crippen LogP contribution is 2.15. The van der Waals surface area contributed by atoms with Crippen LogP contribution in [0.4, 0.5) is 0 Å². The number of hydrogen-bond acceptors (Lipinski definition) is 5. The van der Waals surface area contributed by atoms with Crippen molar-refractivity contribution in [2.45, 2.75) is 31.6 Å². The van der Waals surface area contributed by atoms with Gasteiger partial charge in [-0.15, -0.1) is 4.91 Å². The van der Waals surface area contributed by atoms with E-state index in [9.17, 15) is 14.5 Å². The molecule has 0 aliphatic carbocycles. The van der Waals surface area contributed by atoms with Crippen molar-refractivity contribution in [3.05, 3.63) is 4.91 Å². The van der Waals surface area contributed by atoms with Gasteiger partial charge >= 0.3 is 5.97 Å². The smallest absolute Gasteiger partial charge is 0.326 e. The van der Waals surface area contributed by atoms with E-state index < -0.39 is 23.2 Å². The van der Waals surface area contributed by atoms with E-state index in [1.165, 1.54) is 14.0 Å². The van der Waals surface area contributed by atoms with E-state index >= 15 is 0 Å². The summed E-state index contributed by atoms with van der Waals surface area (Å²) >= 11 is 0.593. The van der Waals surface area contributed by atoms with Crippen LogP contribution in [0, 0.1) is 4.91 Å². The number of carboxylic acids is 1. The Morgan fingerprint density at radius 2 is 2.07 bits per heavy atom. The largest absolute Gasteiger partial charge is 0.480 e. The number of rotatable bonds is 6. The zero-order valence-corrected chi connectivity index (χ0v) is 9.65. The summed E-state index contributed by atoms with van der Waals surface area (Å²) in [6.45, 7) is 3.19. The van der Waals surface area contributed by atoms with E-state index in [1.54, 1.807) is 6.92 Å². The van der Waals surface area contributed by atoms with Crippen molar-refractivity contribution in [1.82, 2.24) is 4.90 Å². The third kappa shape index (κ3) is 3.86. The Kier molecular flexibility index (Phi) is 5.92. The standard InChI is InChI=1S/C8H14N2O4S/c1-4-6(8(12)13)10(3)7(11)5(2)15-9-14/h5-6H,4H2,1-3H3,(H,12,13). The molecule has 0 aromatic heterocycles. The molecule has 0 aliphatic rings. The molecule has 1 N–H and O–H groups in total. The second kappa shape index (κ2) is 6.39. The fraction of sp³-hybridized carbons (Fsp3) is 0.750. The van der Waals surface area contributed by atoms with Gasteiger partial charge in [-0.2, -0.15) is 0 Å². The molecule has 0 saturated carbocycles. The molecule has 15 heavy (non-hydrogen) atoms. The molecule has 0 radical (unpaired) electrons. The predicted octanol–water partition coefficient (Wildman–Crippen LogP) is 1.11. The fourth-order valence-electron chi connectivity index (χ4n) is 1.16. The molecular formula is C8H14N2O4S. The number of likely N-dealkylation sites (N-methyl/N-ethyl adjacent to an activating group) is 1. The lowest BCUT2D eigenvalue weighted by Gasteiger charge is -2.25. The molecule has 0 heterocycles. The van der Waals surface area contributed by atoms with Crippen molar-refractivity contribution in [1.29, 1.82) is 0 Å². The summed E-state index contributed by atoms with van der Waals surface area (Å²) in [4.78, 5) is 33.4. The second-order valence-corrected chi connectivity index (χ2v) is 4.10. The third-order valence-electron chi connectivity index (χ3n) is 2.04. The van der Waals surface area contributed by atoms with E-state index in [-0.39, 0.29) is 0 Å². The van der Waals surface area contributed by atoms with Gasteiger partial charge in [0.1, 0.15) is 11.3 Å². The van der Waals surface area contributed by atoms with Crippen LogP contribution in [0.1, 0.15) is 20.3 Å². The van der Waals surface area contributed by atoms with Crippen molar-refractivity contribution >= 4 is 23.8 Å². The minimum Gasteiger partial charge on any atom is -0.480 e. The monoisotopic (exact) mass is 234 g/mol. The molecule has 0 aromatic rings. The first kappa shape index (κ1) is 13.9. The summed E-state index contributed by atoms with van der Waals surface area (Å²) < 4.78 is 2.54. The SMILES string of the molecule is CCC(C(=O)O)N(C)C(=O)C(C)SN=O. The highest BCUT2D eigenvalue weighted by molar-refractivity contribution is 7.99. The van der Waals surface area contributed by atoms with E-state index in [1.807, 2.05) is 0 Å². The molecule has 2 atom stereocenters. The van der Waals surface area contributed by atoms with E-state index in [0.29, 0.717) is 18.4 Å². The number of aliphatic carboxylic acids is 1. The molecule has 0 saturated heterocycles. The molecule has 7 heteroatoms. The zero-order chi connectivity index (χ0) is 12.0. The van der Waals surface area contributed by atoms with Gasteiger partial charge in [-0.25, -0.2) is 4.79 Å². The fourth-order valence-corrected chi connectivity index (χ4v) is 1.55. The average molecular weight is 234 g/mol. The van der Waals surface area contributed by atoms with Gasteiger partial charge in [-0.05, 0) is 13.3 Å². The first-order valence-electron chi connectivity index (χ1n) is 4.43. The minimum absolute atomic E-state index is 0.323. The van der Waals surface area contributed by atoms with Gasteiger partial charge in [0.15, 0.2) is 0 Å². The number of carboxylic acid groups (broad SMARTS) is 1. The minimum atomic E-state index is -1.05. The summed E-state index contributed by atoms with van der Waals surface area (Å²) in [6, 6.07) is -0.854. The van der Waals surface area contributed by atoms with Crippen LogP contribution in [0.25, 0.3) is 0 Å². The number of amides is 1. The molecule has 0 bridgehead atoms. The van der Waals surface area contributed by atoms with Crippen LogP contribution in [0.15, 0.2) is 4.58 Å². The number of hydrogen-bond donors (Lipinski definition) is 1. The van der Waals surface area contributed by atoms with Gasteiger partial charge in [-0.3, -0.25) is 4.79 Å². The van der Waals surface area contributed by atoms with Crippen LogP contribution in [0.2, 0.25) is 0 Å². The zero-order valence-electron chi connectivity index (χ0n) is 8.84. The number of carbonyl (C=O) groups excluding carboxylic acids is 1. The lowest BCUT2D eigenvalue weighted by atomic mass is 10.2. The van der Waals surface area contributed by atoms with Crippen molar-refractivity contribution in [3.63, 3.8) is 0 Å². The van der Waals surface area contributed by atoms with E-state index in [0.717, 1.165) is 4.90 Å². The molecule has 6 nitrogen and oxygen atoms in total. The second-order valence-electron chi connectivity index (χ2n) is 3.03. The number of carbonyl (C=O) groups is 2. The first-order valence-corrected chi connectivity index (χ1v) is 5.27. The normalized spacial score (nSPS) is 14.1. The van der Waals surface area contributed by atoms with Gasteiger partial charge in [0.25, 0.3) is 0 Å². The van der Waals surface area contributed by atoms with Crippen LogP contribution in [0.5, 0.6) is 0 Å². The molecule has 0 fully saturated rings.